The van der Waals surface area contributed by atoms with Gasteiger partial charge in [-0.15, -0.1) is 23.1 Å². The smallest absolute Gasteiger partial charge is 0.326 e. The number of carbonyl (C=O) groups excluding carboxylic acids is 1. The summed E-state index contributed by atoms with van der Waals surface area (Å²) in [4.78, 5) is 39.7. The van der Waals surface area contributed by atoms with Crippen LogP contribution in [-0.2, 0) is 11.3 Å². The van der Waals surface area contributed by atoms with E-state index in [1.165, 1.54) is 12.1 Å². The summed E-state index contributed by atoms with van der Waals surface area (Å²) in [6.45, 7) is 0.254. The lowest BCUT2D eigenvalue weighted by Gasteiger charge is -2.05. The molecule has 0 aliphatic heterocycles. The number of hydrogen-bond donors (Lipinski definition) is 3. The number of carbonyl (C=O) groups is 1. The van der Waals surface area contributed by atoms with Gasteiger partial charge >= 0.3 is 5.69 Å². The molecule has 0 spiro atoms. The third-order valence-corrected chi connectivity index (χ3v) is 5.86. The molecule has 0 saturated heterocycles. The molecule has 1 amide bonds. The first-order chi connectivity index (χ1) is 12.5. The predicted octanol–water partition coefficient (Wildman–Crippen LogP) is 1.70. The normalized spacial score (nSPS) is 10.6. The van der Waals surface area contributed by atoms with Crippen LogP contribution in [0.5, 0.6) is 0 Å². The fraction of sp³-hybridized carbons (Fsp3) is 0.125. The van der Waals surface area contributed by atoms with Crippen molar-refractivity contribution in [3.8, 4) is 6.07 Å². The van der Waals surface area contributed by atoms with Crippen LogP contribution in [0.1, 0.15) is 11.1 Å². The maximum absolute atomic E-state index is 12.8. The molecule has 2 aromatic heterocycles. The second-order valence-corrected chi connectivity index (χ2v) is 7.45. The Morgan fingerprint density at radius 1 is 1.27 bits per heavy atom. The summed E-state index contributed by atoms with van der Waals surface area (Å²) in [5, 5.41) is 12.0. The first-order valence-corrected chi connectivity index (χ1v) is 9.11. The van der Waals surface area contributed by atoms with Gasteiger partial charge in [-0.3, -0.25) is 14.6 Å². The fourth-order valence-corrected chi connectivity index (χ4v) is 4.34. The van der Waals surface area contributed by atoms with Crippen molar-refractivity contribution in [3.05, 3.63) is 62.0 Å². The van der Waals surface area contributed by atoms with Gasteiger partial charge in [0.15, 0.2) is 0 Å². The second kappa shape index (κ2) is 7.55. The Morgan fingerprint density at radius 2 is 2.00 bits per heavy atom. The van der Waals surface area contributed by atoms with E-state index in [0.717, 1.165) is 28.7 Å². The minimum atomic E-state index is -0.689. The van der Waals surface area contributed by atoms with Crippen molar-refractivity contribution < 1.29 is 9.18 Å². The standard InChI is InChI=1S/C16H11FN4O3S2/c17-9-3-1-8(2-4-9)6-19-11(22)7-25-15-10(5-18)12-13(26-15)14(23)21-16(24)20-12/h1-4H,6-7H2,(H,19,22)(H2,20,21,23,24). The molecule has 0 fully saturated rings. The minimum Gasteiger partial charge on any atom is -0.351 e. The number of nitrogens with zero attached hydrogens (tertiary/aromatic N) is 1. The first kappa shape index (κ1) is 17.9. The van der Waals surface area contributed by atoms with Gasteiger partial charge in [0.05, 0.1) is 15.5 Å². The van der Waals surface area contributed by atoms with Gasteiger partial charge in [0.2, 0.25) is 5.91 Å². The number of rotatable bonds is 5. The molecular formula is C16H11FN4O3S2. The average Bonchev–Trinajstić information content (AvgIpc) is 2.97. The van der Waals surface area contributed by atoms with Crippen molar-refractivity contribution in [1.82, 2.24) is 15.3 Å². The summed E-state index contributed by atoms with van der Waals surface area (Å²) in [6.07, 6.45) is 0. The van der Waals surface area contributed by atoms with Crippen LogP contribution in [0.4, 0.5) is 4.39 Å². The molecule has 0 aliphatic rings. The van der Waals surface area contributed by atoms with Gasteiger partial charge in [0, 0.05) is 6.54 Å². The number of aromatic amines is 2. The topological polar surface area (TPSA) is 119 Å². The highest BCUT2D eigenvalue weighted by atomic mass is 32.2. The third-order valence-electron chi connectivity index (χ3n) is 3.40. The van der Waals surface area contributed by atoms with E-state index < -0.39 is 11.2 Å². The monoisotopic (exact) mass is 390 g/mol. The number of benzene rings is 1. The molecule has 10 heteroatoms. The minimum absolute atomic E-state index is 0.0326. The van der Waals surface area contributed by atoms with E-state index >= 15 is 0 Å². The Morgan fingerprint density at radius 3 is 2.69 bits per heavy atom. The summed E-state index contributed by atoms with van der Waals surface area (Å²) >= 11 is 2.15. The highest BCUT2D eigenvalue weighted by Crippen LogP contribution is 2.34. The van der Waals surface area contributed by atoms with Crippen LogP contribution in [-0.4, -0.2) is 21.6 Å². The van der Waals surface area contributed by atoms with Crippen LogP contribution in [0.3, 0.4) is 0 Å². The Balaban J connectivity index is 1.69. The predicted molar refractivity (Wildman–Crippen MR) is 96.8 cm³/mol. The summed E-state index contributed by atoms with van der Waals surface area (Å²) in [5.41, 5.74) is -0.151. The lowest BCUT2D eigenvalue weighted by Crippen LogP contribution is -2.24. The molecule has 3 aromatic rings. The summed E-state index contributed by atoms with van der Waals surface area (Å²) in [7, 11) is 0. The number of amides is 1. The maximum atomic E-state index is 12.8. The number of nitriles is 1. The zero-order valence-corrected chi connectivity index (χ0v) is 14.7. The number of halogens is 1. The van der Waals surface area contributed by atoms with Crippen LogP contribution in [0.2, 0.25) is 0 Å². The van der Waals surface area contributed by atoms with Crippen molar-refractivity contribution in [2.75, 3.05) is 5.75 Å². The zero-order valence-electron chi connectivity index (χ0n) is 13.1. The molecule has 26 heavy (non-hydrogen) atoms. The number of H-pyrrole nitrogens is 2. The van der Waals surface area contributed by atoms with Crippen molar-refractivity contribution in [2.24, 2.45) is 0 Å². The molecule has 7 nitrogen and oxygen atoms in total. The summed E-state index contributed by atoms with van der Waals surface area (Å²) in [6, 6.07) is 7.73. The SMILES string of the molecule is N#Cc1c(SCC(=O)NCc2ccc(F)cc2)sc2c(=O)[nH]c(=O)[nH]c12. The largest absolute Gasteiger partial charge is 0.351 e. The van der Waals surface area contributed by atoms with E-state index in [1.54, 1.807) is 12.1 Å². The molecular weight excluding hydrogens is 379 g/mol. The fourth-order valence-electron chi connectivity index (χ4n) is 2.18. The van der Waals surface area contributed by atoms with Gasteiger partial charge in [0.1, 0.15) is 22.1 Å². The Labute approximate surface area is 153 Å². The lowest BCUT2D eigenvalue weighted by molar-refractivity contribution is -0.118. The van der Waals surface area contributed by atoms with Crippen LogP contribution in [0.15, 0.2) is 38.1 Å². The van der Waals surface area contributed by atoms with Gasteiger partial charge in [0.25, 0.3) is 5.56 Å². The Bertz CT molecular complexity index is 1130. The molecule has 3 rings (SSSR count). The molecule has 0 saturated carbocycles. The Kier molecular flexibility index (Phi) is 5.20. The molecule has 3 N–H and O–H groups in total. The molecule has 0 radical (unpaired) electrons. The number of nitrogens with one attached hydrogen (secondary N) is 3. The number of thioether (sulfide) groups is 1. The van der Waals surface area contributed by atoms with E-state index in [4.69, 9.17) is 0 Å². The van der Waals surface area contributed by atoms with E-state index in [-0.39, 0.29) is 39.8 Å². The number of aromatic nitrogens is 2. The molecule has 0 atom stereocenters. The van der Waals surface area contributed by atoms with E-state index in [0.29, 0.717) is 4.21 Å². The molecule has 0 aliphatic carbocycles. The maximum Gasteiger partial charge on any atom is 0.326 e. The third kappa shape index (κ3) is 3.84. The Hall–Kier alpha value is -2.90. The number of fused-ring (bicyclic) bond motifs is 1. The van der Waals surface area contributed by atoms with Crippen molar-refractivity contribution in [3.63, 3.8) is 0 Å². The van der Waals surface area contributed by atoms with Gasteiger partial charge in [-0.05, 0) is 17.7 Å². The van der Waals surface area contributed by atoms with Gasteiger partial charge < -0.3 is 10.3 Å². The number of hydrogen-bond acceptors (Lipinski definition) is 6. The summed E-state index contributed by atoms with van der Waals surface area (Å²) in [5.74, 6) is -0.592. The van der Waals surface area contributed by atoms with E-state index in [1.807, 2.05) is 6.07 Å². The van der Waals surface area contributed by atoms with E-state index in [9.17, 15) is 24.0 Å². The zero-order chi connectivity index (χ0) is 18.7. The van der Waals surface area contributed by atoms with Crippen molar-refractivity contribution in [1.29, 1.82) is 5.26 Å². The first-order valence-electron chi connectivity index (χ1n) is 7.31. The number of thiophene rings is 1. The molecule has 2 heterocycles. The molecule has 0 bridgehead atoms. The van der Waals surface area contributed by atoms with Crippen molar-refractivity contribution in [2.45, 2.75) is 10.8 Å². The second-order valence-electron chi connectivity index (χ2n) is 5.18. The highest BCUT2D eigenvalue weighted by Gasteiger charge is 2.17. The van der Waals surface area contributed by atoms with Gasteiger partial charge in [-0.1, -0.05) is 12.1 Å². The van der Waals surface area contributed by atoms with Crippen LogP contribution in [0, 0.1) is 17.1 Å². The lowest BCUT2D eigenvalue weighted by atomic mass is 10.2. The summed E-state index contributed by atoms with van der Waals surface area (Å²) < 4.78 is 13.6. The van der Waals surface area contributed by atoms with Crippen LogP contribution >= 0.6 is 23.1 Å². The van der Waals surface area contributed by atoms with Gasteiger partial charge in [-0.2, -0.15) is 5.26 Å². The van der Waals surface area contributed by atoms with Crippen molar-refractivity contribution >= 4 is 39.2 Å². The van der Waals surface area contributed by atoms with Crippen LogP contribution in [0.25, 0.3) is 10.2 Å². The van der Waals surface area contributed by atoms with E-state index in [2.05, 4.69) is 15.3 Å². The quantitative estimate of drug-likeness (QED) is 0.573. The van der Waals surface area contributed by atoms with Gasteiger partial charge in [-0.25, -0.2) is 9.18 Å². The molecule has 132 valence electrons. The molecule has 1 aromatic carbocycles. The average molecular weight is 390 g/mol. The highest BCUT2D eigenvalue weighted by molar-refractivity contribution is 8.02. The van der Waals surface area contributed by atoms with Crippen LogP contribution < -0.4 is 16.6 Å². The molecule has 0 unspecified atom stereocenters.